The molecule has 0 aliphatic carbocycles. The first-order valence-electron chi connectivity index (χ1n) is 7.48. The lowest BCUT2D eigenvalue weighted by Crippen LogP contribution is -2.37. The van der Waals surface area contributed by atoms with Gasteiger partial charge in [0.25, 0.3) is 0 Å². The molecule has 122 valence electrons. The molecule has 3 aromatic rings. The Morgan fingerprint density at radius 3 is 2.83 bits per heavy atom. The highest BCUT2D eigenvalue weighted by atomic mass is 32.1. The first-order chi connectivity index (χ1) is 11.6. The Hall–Kier alpha value is -2.32. The third-order valence-corrected chi connectivity index (χ3v) is 5.83. The molecule has 1 atom stereocenters. The molecule has 1 unspecified atom stereocenters. The fourth-order valence-corrected chi connectivity index (χ4v) is 4.40. The molecule has 0 aromatic carbocycles. The molecule has 1 aliphatic heterocycles. The lowest BCUT2D eigenvalue weighted by Gasteiger charge is -2.21. The third-order valence-electron chi connectivity index (χ3n) is 4.05. The van der Waals surface area contributed by atoms with E-state index in [0.29, 0.717) is 35.0 Å². The van der Waals surface area contributed by atoms with Gasteiger partial charge in [0, 0.05) is 6.54 Å². The molecule has 8 heteroatoms. The first-order valence-corrected chi connectivity index (χ1v) is 9.24. The monoisotopic (exact) mass is 359 g/mol. The average molecular weight is 359 g/mol. The van der Waals surface area contributed by atoms with E-state index in [1.54, 1.807) is 11.0 Å². The first kappa shape index (κ1) is 15.2. The van der Waals surface area contributed by atoms with Crippen molar-refractivity contribution in [2.75, 3.05) is 11.4 Å². The van der Waals surface area contributed by atoms with Gasteiger partial charge in [-0.15, -0.1) is 22.7 Å². The Morgan fingerprint density at radius 1 is 1.21 bits per heavy atom. The molecule has 0 radical (unpaired) electrons. The van der Waals surface area contributed by atoms with Crippen molar-refractivity contribution in [1.29, 1.82) is 0 Å². The quantitative estimate of drug-likeness (QED) is 0.721. The van der Waals surface area contributed by atoms with Crippen LogP contribution in [0.2, 0.25) is 0 Å². The van der Waals surface area contributed by atoms with Crippen molar-refractivity contribution in [2.45, 2.75) is 18.9 Å². The number of aromatic nitrogens is 2. The number of fused-ring (bicyclic) bond motifs is 1. The Balaban J connectivity index is 1.84. The second kappa shape index (κ2) is 5.95. The molecule has 0 spiro atoms. The zero-order valence-corrected chi connectivity index (χ0v) is 14.1. The van der Waals surface area contributed by atoms with E-state index in [2.05, 4.69) is 9.97 Å². The second-order valence-corrected chi connectivity index (χ2v) is 7.37. The molecule has 24 heavy (non-hydrogen) atoms. The van der Waals surface area contributed by atoms with Crippen LogP contribution in [-0.4, -0.2) is 39.4 Å². The molecular formula is C16H13N3O3S2. The van der Waals surface area contributed by atoms with Gasteiger partial charge in [0.05, 0.1) is 15.1 Å². The van der Waals surface area contributed by atoms with E-state index in [4.69, 9.17) is 0 Å². The molecule has 1 aliphatic rings. The highest BCUT2D eigenvalue weighted by Crippen LogP contribution is 2.30. The molecule has 3 aromatic heterocycles. The summed E-state index contributed by atoms with van der Waals surface area (Å²) in [5, 5.41) is 13.1. The van der Waals surface area contributed by atoms with E-state index < -0.39 is 12.0 Å². The van der Waals surface area contributed by atoms with Gasteiger partial charge in [-0.2, -0.15) is 0 Å². The summed E-state index contributed by atoms with van der Waals surface area (Å²) in [4.78, 5) is 35.5. The van der Waals surface area contributed by atoms with E-state index in [0.717, 1.165) is 11.1 Å². The van der Waals surface area contributed by atoms with Gasteiger partial charge in [0.15, 0.2) is 0 Å². The smallest absolute Gasteiger partial charge is 0.326 e. The summed E-state index contributed by atoms with van der Waals surface area (Å²) in [6, 6.07) is 4.80. The number of nitrogens with zero attached hydrogens (tertiary/aromatic N) is 3. The fraction of sp³-hybridized carbons (Fsp3) is 0.250. The lowest BCUT2D eigenvalue weighted by atomic mass is 10.2. The number of carboxylic acid groups (broad SMARTS) is 1. The van der Waals surface area contributed by atoms with Gasteiger partial charge in [-0.1, -0.05) is 6.07 Å². The number of hydrogen-bond acceptors (Lipinski definition) is 7. The van der Waals surface area contributed by atoms with Crippen molar-refractivity contribution in [3.05, 3.63) is 39.5 Å². The van der Waals surface area contributed by atoms with E-state index in [1.807, 2.05) is 22.9 Å². The average Bonchev–Trinajstić information content (AvgIpc) is 3.33. The molecule has 1 fully saturated rings. The van der Waals surface area contributed by atoms with Crippen molar-refractivity contribution in [2.24, 2.45) is 0 Å². The third kappa shape index (κ3) is 2.47. The van der Waals surface area contributed by atoms with Gasteiger partial charge < -0.3 is 10.0 Å². The van der Waals surface area contributed by atoms with Gasteiger partial charge in [0.2, 0.25) is 11.7 Å². The van der Waals surface area contributed by atoms with Gasteiger partial charge in [0.1, 0.15) is 11.7 Å². The molecule has 1 saturated heterocycles. The molecule has 1 N–H and O–H groups in total. The van der Waals surface area contributed by atoms with Crippen molar-refractivity contribution in [3.8, 4) is 0 Å². The molecule has 4 rings (SSSR count). The van der Waals surface area contributed by atoms with Crippen molar-refractivity contribution in [1.82, 2.24) is 9.97 Å². The Kier molecular flexibility index (Phi) is 3.78. The minimum Gasteiger partial charge on any atom is -0.480 e. The SMILES string of the molecule is O=C(c1cccs1)c1nc(N2CCCC2C(=O)O)nc2ccsc12. The number of carboxylic acids is 1. The largest absolute Gasteiger partial charge is 0.480 e. The van der Waals surface area contributed by atoms with Gasteiger partial charge in [-0.3, -0.25) is 4.79 Å². The number of carbonyl (C=O) groups excluding carboxylic acids is 1. The van der Waals surface area contributed by atoms with Crippen LogP contribution in [0.4, 0.5) is 5.95 Å². The van der Waals surface area contributed by atoms with E-state index in [1.165, 1.54) is 22.7 Å². The van der Waals surface area contributed by atoms with Crippen molar-refractivity contribution in [3.63, 3.8) is 0 Å². The summed E-state index contributed by atoms with van der Waals surface area (Å²) < 4.78 is 0.739. The number of ketones is 1. The number of aliphatic carboxylic acids is 1. The van der Waals surface area contributed by atoms with Crippen molar-refractivity contribution < 1.29 is 14.7 Å². The highest BCUT2D eigenvalue weighted by Gasteiger charge is 2.33. The summed E-state index contributed by atoms with van der Waals surface area (Å²) >= 11 is 2.79. The molecule has 6 nitrogen and oxygen atoms in total. The summed E-state index contributed by atoms with van der Waals surface area (Å²) in [5.41, 5.74) is 1.03. The normalized spacial score (nSPS) is 17.5. The van der Waals surface area contributed by atoms with Gasteiger partial charge >= 0.3 is 5.97 Å². The van der Waals surface area contributed by atoms with Crippen LogP contribution in [0.1, 0.15) is 28.2 Å². The summed E-state index contributed by atoms with van der Waals surface area (Å²) in [6.07, 6.45) is 1.34. The number of hydrogen-bond donors (Lipinski definition) is 1. The standard InChI is InChI=1S/C16H13N3O3S2/c20-13(11-4-2-7-23-11)12-14-9(5-8-24-14)17-16(18-12)19-6-1-3-10(19)15(21)22/h2,4-5,7-8,10H,1,3,6H2,(H,21,22). The molecule has 0 bridgehead atoms. The van der Waals surface area contributed by atoms with E-state index >= 15 is 0 Å². The van der Waals surface area contributed by atoms with Crippen LogP contribution in [0.25, 0.3) is 10.2 Å². The lowest BCUT2D eigenvalue weighted by molar-refractivity contribution is -0.138. The molecule has 0 saturated carbocycles. The van der Waals surface area contributed by atoms with Crippen LogP contribution in [0.5, 0.6) is 0 Å². The highest BCUT2D eigenvalue weighted by molar-refractivity contribution is 7.17. The number of anilines is 1. The van der Waals surface area contributed by atoms with Crippen LogP contribution in [0, 0.1) is 0 Å². The predicted molar refractivity (Wildman–Crippen MR) is 93.2 cm³/mol. The Morgan fingerprint density at radius 2 is 2.08 bits per heavy atom. The number of rotatable bonds is 4. The maximum atomic E-state index is 12.8. The number of carbonyl (C=O) groups is 2. The minimum atomic E-state index is -0.882. The van der Waals surface area contributed by atoms with Crippen molar-refractivity contribution >= 4 is 50.6 Å². The predicted octanol–water partition coefficient (Wildman–Crippen LogP) is 3.04. The summed E-state index contributed by atoms with van der Waals surface area (Å²) in [5.74, 6) is -0.703. The van der Waals surface area contributed by atoms with Crippen LogP contribution < -0.4 is 4.90 Å². The Labute approximate surface area is 145 Å². The van der Waals surface area contributed by atoms with Crippen LogP contribution in [0.15, 0.2) is 29.0 Å². The maximum Gasteiger partial charge on any atom is 0.326 e. The Bertz CT molecular complexity index is 920. The van der Waals surface area contributed by atoms with Gasteiger partial charge in [-0.05, 0) is 35.7 Å². The molecule has 4 heterocycles. The molecule has 0 amide bonds. The minimum absolute atomic E-state index is 0.146. The zero-order valence-electron chi connectivity index (χ0n) is 12.5. The van der Waals surface area contributed by atoms with Crippen LogP contribution >= 0.6 is 22.7 Å². The molecular weight excluding hydrogens is 346 g/mol. The maximum absolute atomic E-state index is 12.8. The zero-order chi connectivity index (χ0) is 16.7. The van der Waals surface area contributed by atoms with Gasteiger partial charge in [-0.25, -0.2) is 14.8 Å². The fourth-order valence-electron chi connectivity index (χ4n) is 2.92. The summed E-state index contributed by atoms with van der Waals surface area (Å²) in [7, 11) is 0. The number of thiophene rings is 2. The topological polar surface area (TPSA) is 83.4 Å². The second-order valence-electron chi connectivity index (χ2n) is 5.50. The van der Waals surface area contributed by atoms with Crippen LogP contribution in [-0.2, 0) is 4.79 Å². The van der Waals surface area contributed by atoms with E-state index in [-0.39, 0.29) is 5.78 Å². The summed E-state index contributed by atoms with van der Waals surface area (Å²) in [6.45, 7) is 0.583. The van der Waals surface area contributed by atoms with Crippen LogP contribution in [0.3, 0.4) is 0 Å². The van der Waals surface area contributed by atoms with E-state index in [9.17, 15) is 14.7 Å².